The maximum atomic E-state index is 9.46. The summed E-state index contributed by atoms with van der Waals surface area (Å²) in [5.41, 5.74) is 2.90. The van der Waals surface area contributed by atoms with Crippen LogP contribution in [0, 0.1) is 19.4 Å². The summed E-state index contributed by atoms with van der Waals surface area (Å²) < 4.78 is 1.07. The molecule has 7 heteroatoms. The van der Waals surface area contributed by atoms with Crippen LogP contribution in [0.25, 0.3) is 15.6 Å². The summed E-state index contributed by atoms with van der Waals surface area (Å²) >= 11 is 3.58. The van der Waals surface area contributed by atoms with Crippen molar-refractivity contribution >= 4 is 44.0 Å². The number of halogens is 1. The van der Waals surface area contributed by atoms with Crippen LogP contribution >= 0.6 is 15.9 Å². The van der Waals surface area contributed by atoms with Crippen LogP contribution in [-0.4, -0.2) is 35.0 Å². The quantitative estimate of drug-likeness (QED) is 0.551. The molecule has 1 aliphatic heterocycles. The topological polar surface area (TPSA) is 65.6 Å². The van der Waals surface area contributed by atoms with Gasteiger partial charge in [-0.25, -0.2) is 4.85 Å². The standard InChI is InChI=1S/C22H22BrN5O/c1-14-3-4-15(9-20(14)23)11-25-21-19-10-17(24-2)5-6-18(19)22(27-26-21)28-8-7-16(12-28)13-29/h3-6,9-10,16,29H,7-8,11-13H2,1H3,(H,25,26)/t16-/m1/s1. The van der Waals surface area contributed by atoms with Gasteiger partial charge < -0.3 is 15.3 Å². The summed E-state index contributed by atoms with van der Waals surface area (Å²) in [5.74, 6) is 1.76. The fraction of sp³-hybridized carbons (Fsp3) is 0.318. The lowest BCUT2D eigenvalue weighted by Gasteiger charge is -2.20. The Morgan fingerprint density at radius 2 is 2.10 bits per heavy atom. The molecule has 148 valence electrons. The number of aryl methyl sites for hydroxylation is 1. The zero-order valence-electron chi connectivity index (χ0n) is 16.2. The van der Waals surface area contributed by atoms with Gasteiger partial charge in [0.2, 0.25) is 0 Å². The molecule has 1 aliphatic rings. The highest BCUT2D eigenvalue weighted by molar-refractivity contribution is 9.10. The first-order valence-corrected chi connectivity index (χ1v) is 10.4. The van der Waals surface area contributed by atoms with Crippen LogP contribution in [0.15, 0.2) is 40.9 Å². The zero-order valence-corrected chi connectivity index (χ0v) is 17.8. The molecule has 0 amide bonds. The number of anilines is 2. The van der Waals surface area contributed by atoms with E-state index in [0.29, 0.717) is 18.1 Å². The Kier molecular flexibility index (Phi) is 5.65. The largest absolute Gasteiger partial charge is 0.396 e. The van der Waals surface area contributed by atoms with Crippen molar-refractivity contribution in [1.82, 2.24) is 10.2 Å². The van der Waals surface area contributed by atoms with Gasteiger partial charge in [0, 0.05) is 47.4 Å². The Hall–Kier alpha value is -2.69. The second-order valence-corrected chi connectivity index (χ2v) is 8.29. The molecule has 2 N–H and O–H groups in total. The fourth-order valence-electron chi connectivity index (χ4n) is 3.67. The second-order valence-electron chi connectivity index (χ2n) is 7.43. The van der Waals surface area contributed by atoms with Crippen LogP contribution in [0.1, 0.15) is 17.5 Å². The lowest BCUT2D eigenvalue weighted by atomic mass is 10.1. The SMILES string of the molecule is [C-]#[N+]c1ccc2c(N3CC[C@@H](CO)C3)nnc(NCc3ccc(C)c(Br)c3)c2c1. The molecule has 0 radical (unpaired) electrons. The van der Waals surface area contributed by atoms with Crippen molar-refractivity contribution in [3.8, 4) is 0 Å². The number of fused-ring (bicyclic) bond motifs is 1. The highest BCUT2D eigenvalue weighted by Gasteiger charge is 2.25. The van der Waals surface area contributed by atoms with E-state index >= 15 is 0 Å². The van der Waals surface area contributed by atoms with Gasteiger partial charge in [-0.1, -0.05) is 40.2 Å². The van der Waals surface area contributed by atoms with Crippen LogP contribution in [-0.2, 0) is 6.54 Å². The molecule has 1 fully saturated rings. The van der Waals surface area contributed by atoms with Crippen molar-refractivity contribution in [2.45, 2.75) is 19.9 Å². The van der Waals surface area contributed by atoms with Crippen molar-refractivity contribution in [2.75, 3.05) is 29.9 Å². The average molecular weight is 452 g/mol. The van der Waals surface area contributed by atoms with E-state index in [9.17, 15) is 5.11 Å². The zero-order chi connectivity index (χ0) is 20.4. The molecule has 0 bridgehead atoms. The summed E-state index contributed by atoms with van der Waals surface area (Å²) in [6, 6.07) is 11.9. The molecule has 0 aliphatic carbocycles. The van der Waals surface area contributed by atoms with Crippen molar-refractivity contribution in [3.63, 3.8) is 0 Å². The minimum Gasteiger partial charge on any atom is -0.396 e. The van der Waals surface area contributed by atoms with Crippen LogP contribution in [0.2, 0.25) is 0 Å². The van der Waals surface area contributed by atoms with Crippen molar-refractivity contribution in [2.24, 2.45) is 5.92 Å². The van der Waals surface area contributed by atoms with E-state index < -0.39 is 0 Å². The molecule has 1 aromatic heterocycles. The third-order valence-corrected chi connectivity index (χ3v) is 6.27. The minimum atomic E-state index is 0.190. The Labute approximate surface area is 178 Å². The minimum absolute atomic E-state index is 0.190. The van der Waals surface area contributed by atoms with Crippen molar-refractivity contribution in [1.29, 1.82) is 0 Å². The first kappa shape index (κ1) is 19.6. The summed E-state index contributed by atoms with van der Waals surface area (Å²) in [5, 5.41) is 23.7. The third kappa shape index (κ3) is 4.04. The maximum Gasteiger partial charge on any atom is 0.188 e. The van der Waals surface area contributed by atoms with Gasteiger partial charge in [0.25, 0.3) is 0 Å². The predicted octanol–water partition coefficient (Wildman–Crippen LogP) is 4.68. The molecule has 2 aromatic carbocycles. The Balaban J connectivity index is 1.68. The molecule has 3 aromatic rings. The first-order valence-electron chi connectivity index (χ1n) is 9.61. The second kappa shape index (κ2) is 8.36. The van der Waals surface area contributed by atoms with E-state index in [1.807, 2.05) is 18.2 Å². The number of nitrogens with zero attached hydrogens (tertiary/aromatic N) is 4. The highest BCUT2D eigenvalue weighted by Crippen LogP contribution is 2.34. The number of aliphatic hydroxyl groups excluding tert-OH is 1. The van der Waals surface area contributed by atoms with Gasteiger partial charge in [-0.3, -0.25) is 0 Å². The van der Waals surface area contributed by atoms with E-state index in [-0.39, 0.29) is 12.5 Å². The summed E-state index contributed by atoms with van der Waals surface area (Å²) in [7, 11) is 0. The van der Waals surface area contributed by atoms with Gasteiger partial charge in [0.15, 0.2) is 17.3 Å². The van der Waals surface area contributed by atoms with Gasteiger partial charge in [0.1, 0.15) is 0 Å². The van der Waals surface area contributed by atoms with Crippen molar-refractivity contribution in [3.05, 3.63) is 63.4 Å². The summed E-state index contributed by atoms with van der Waals surface area (Å²) in [6.07, 6.45) is 0.947. The van der Waals surface area contributed by atoms with E-state index in [1.54, 1.807) is 0 Å². The molecule has 4 rings (SSSR count). The molecule has 1 atom stereocenters. The van der Waals surface area contributed by atoms with Gasteiger partial charge in [-0.15, -0.1) is 10.2 Å². The van der Waals surface area contributed by atoms with Gasteiger partial charge in [0.05, 0.1) is 6.57 Å². The van der Waals surface area contributed by atoms with Crippen molar-refractivity contribution < 1.29 is 5.11 Å². The summed E-state index contributed by atoms with van der Waals surface area (Å²) in [4.78, 5) is 5.75. The van der Waals surface area contributed by atoms with Crippen LogP contribution < -0.4 is 10.2 Å². The fourth-order valence-corrected chi connectivity index (χ4v) is 4.09. The number of aromatic nitrogens is 2. The van der Waals surface area contributed by atoms with E-state index in [4.69, 9.17) is 6.57 Å². The lowest BCUT2D eigenvalue weighted by molar-refractivity contribution is 0.238. The number of rotatable bonds is 5. The van der Waals surface area contributed by atoms with E-state index in [2.05, 4.69) is 66.3 Å². The number of nitrogens with one attached hydrogen (secondary N) is 1. The normalized spacial score (nSPS) is 16.2. The van der Waals surface area contributed by atoms with E-state index in [0.717, 1.165) is 46.1 Å². The monoisotopic (exact) mass is 451 g/mol. The third-order valence-electron chi connectivity index (χ3n) is 5.41. The molecule has 1 saturated heterocycles. The highest BCUT2D eigenvalue weighted by atomic mass is 79.9. The number of hydrogen-bond donors (Lipinski definition) is 2. The Morgan fingerprint density at radius 3 is 2.83 bits per heavy atom. The van der Waals surface area contributed by atoms with Crippen LogP contribution in [0.3, 0.4) is 0 Å². The predicted molar refractivity (Wildman–Crippen MR) is 119 cm³/mol. The molecule has 0 unspecified atom stereocenters. The molecule has 29 heavy (non-hydrogen) atoms. The molecule has 2 heterocycles. The first-order chi connectivity index (χ1) is 14.1. The Bertz CT molecular complexity index is 1090. The maximum absolute atomic E-state index is 9.46. The lowest BCUT2D eigenvalue weighted by Crippen LogP contribution is -2.22. The molecular formula is C22H22BrN5O. The van der Waals surface area contributed by atoms with Crippen LogP contribution in [0.4, 0.5) is 17.3 Å². The average Bonchev–Trinajstić information content (AvgIpc) is 3.23. The molecular weight excluding hydrogens is 430 g/mol. The smallest absolute Gasteiger partial charge is 0.188 e. The van der Waals surface area contributed by atoms with Gasteiger partial charge in [-0.05, 0) is 36.6 Å². The molecule has 6 nitrogen and oxygen atoms in total. The number of aliphatic hydroxyl groups is 1. The number of benzene rings is 2. The molecule has 0 spiro atoms. The van der Waals surface area contributed by atoms with Gasteiger partial charge >= 0.3 is 0 Å². The summed E-state index contributed by atoms with van der Waals surface area (Å²) in [6.45, 7) is 11.9. The molecule has 0 saturated carbocycles. The number of hydrogen-bond acceptors (Lipinski definition) is 5. The van der Waals surface area contributed by atoms with Gasteiger partial charge in [-0.2, -0.15) is 0 Å². The Morgan fingerprint density at radius 1 is 1.24 bits per heavy atom. The van der Waals surface area contributed by atoms with Crippen LogP contribution in [0.5, 0.6) is 0 Å². The van der Waals surface area contributed by atoms with E-state index in [1.165, 1.54) is 5.56 Å².